The van der Waals surface area contributed by atoms with Crippen LogP contribution >= 0.6 is 11.6 Å². The van der Waals surface area contributed by atoms with Crippen LogP contribution in [0.3, 0.4) is 0 Å². The monoisotopic (exact) mass is 243 g/mol. The van der Waals surface area contributed by atoms with E-state index in [2.05, 4.69) is 0 Å². The Morgan fingerprint density at radius 3 is 2.62 bits per heavy atom. The van der Waals surface area contributed by atoms with Crippen LogP contribution in [0.5, 0.6) is 5.75 Å². The van der Waals surface area contributed by atoms with E-state index in [0.29, 0.717) is 18.1 Å². The molecule has 1 unspecified atom stereocenters. The molecule has 2 N–H and O–H groups in total. The van der Waals surface area contributed by atoms with E-state index in [0.717, 1.165) is 11.3 Å². The predicted molar refractivity (Wildman–Crippen MR) is 66.0 cm³/mol. The molecule has 0 spiro atoms. The number of hydrogen-bond acceptors (Lipinski definition) is 3. The Kier molecular flexibility index (Phi) is 4.59. The second kappa shape index (κ2) is 5.53. The van der Waals surface area contributed by atoms with Crippen LogP contribution in [0.25, 0.3) is 0 Å². The van der Waals surface area contributed by atoms with E-state index in [1.54, 1.807) is 20.3 Å². The molecule has 0 bridgehead atoms. The van der Waals surface area contributed by atoms with Gasteiger partial charge in [-0.05, 0) is 31.5 Å². The number of ether oxygens (including phenoxy) is 2. The topological polar surface area (TPSA) is 44.5 Å². The molecule has 0 saturated carbocycles. The molecule has 1 rings (SSSR count). The van der Waals surface area contributed by atoms with Crippen LogP contribution in [0, 0.1) is 0 Å². The maximum absolute atomic E-state index is 6.25. The second-order valence-electron chi connectivity index (χ2n) is 4.00. The Morgan fingerprint density at radius 1 is 1.38 bits per heavy atom. The molecular formula is C12H18ClNO2. The van der Waals surface area contributed by atoms with E-state index in [-0.39, 0.29) is 0 Å². The first kappa shape index (κ1) is 13.3. The minimum atomic E-state index is -0.508. The van der Waals surface area contributed by atoms with Gasteiger partial charge in [-0.25, -0.2) is 0 Å². The summed E-state index contributed by atoms with van der Waals surface area (Å²) in [6.45, 7) is 2.54. The van der Waals surface area contributed by atoms with Crippen LogP contribution in [0.15, 0.2) is 18.2 Å². The van der Waals surface area contributed by atoms with Crippen LogP contribution in [-0.4, -0.2) is 20.8 Å². The van der Waals surface area contributed by atoms with Gasteiger partial charge in [0.2, 0.25) is 0 Å². The van der Waals surface area contributed by atoms with Gasteiger partial charge in [0, 0.05) is 29.8 Å². The largest absolute Gasteiger partial charge is 0.496 e. The number of nitrogens with two attached hydrogens (primary N) is 1. The third kappa shape index (κ3) is 3.11. The van der Waals surface area contributed by atoms with Crippen molar-refractivity contribution in [2.45, 2.75) is 18.9 Å². The molecule has 4 heteroatoms. The first-order valence-electron chi connectivity index (χ1n) is 5.13. The average molecular weight is 244 g/mol. The summed E-state index contributed by atoms with van der Waals surface area (Å²) in [4.78, 5) is 0. The first-order valence-corrected chi connectivity index (χ1v) is 5.51. The number of hydrogen-bond donors (Lipinski definition) is 1. The smallest absolute Gasteiger partial charge is 0.124 e. The summed E-state index contributed by atoms with van der Waals surface area (Å²) in [5.74, 6) is 0.755. The zero-order valence-electron chi connectivity index (χ0n) is 9.92. The quantitative estimate of drug-likeness (QED) is 0.865. The van der Waals surface area contributed by atoms with Crippen molar-refractivity contribution in [2.24, 2.45) is 5.73 Å². The summed E-state index contributed by atoms with van der Waals surface area (Å²) in [6.07, 6.45) is 0.709. The van der Waals surface area contributed by atoms with Gasteiger partial charge in [-0.2, -0.15) is 0 Å². The first-order chi connectivity index (χ1) is 7.51. The lowest BCUT2D eigenvalue weighted by Gasteiger charge is -2.27. The van der Waals surface area contributed by atoms with Crippen LogP contribution in [0.2, 0.25) is 5.02 Å². The summed E-state index contributed by atoms with van der Waals surface area (Å²) in [6, 6.07) is 5.46. The van der Waals surface area contributed by atoms with E-state index in [1.165, 1.54) is 0 Å². The van der Waals surface area contributed by atoms with E-state index in [4.69, 9.17) is 26.8 Å². The van der Waals surface area contributed by atoms with Crippen molar-refractivity contribution < 1.29 is 9.47 Å². The Bertz CT molecular complexity index is 353. The molecule has 0 radical (unpaired) electrons. The summed E-state index contributed by atoms with van der Waals surface area (Å²) < 4.78 is 10.3. The van der Waals surface area contributed by atoms with E-state index < -0.39 is 5.54 Å². The molecular weight excluding hydrogens is 226 g/mol. The van der Waals surface area contributed by atoms with Gasteiger partial charge in [0.05, 0.1) is 7.11 Å². The number of benzene rings is 1. The molecule has 0 heterocycles. The van der Waals surface area contributed by atoms with E-state index >= 15 is 0 Å². The Morgan fingerprint density at radius 2 is 2.06 bits per heavy atom. The molecule has 1 aromatic rings. The summed E-state index contributed by atoms with van der Waals surface area (Å²) in [7, 11) is 3.28. The maximum Gasteiger partial charge on any atom is 0.124 e. The molecule has 0 fully saturated rings. The SMILES string of the molecule is COCCC(C)(N)c1cc(Cl)ccc1OC. The van der Waals surface area contributed by atoms with E-state index in [9.17, 15) is 0 Å². The average Bonchev–Trinajstić information content (AvgIpc) is 2.26. The molecule has 0 aliphatic heterocycles. The van der Waals surface area contributed by atoms with Crippen molar-refractivity contribution in [1.29, 1.82) is 0 Å². The third-order valence-corrected chi connectivity index (χ3v) is 2.84. The lowest BCUT2D eigenvalue weighted by molar-refractivity contribution is 0.171. The fourth-order valence-electron chi connectivity index (χ4n) is 1.58. The highest BCUT2D eigenvalue weighted by molar-refractivity contribution is 6.30. The normalized spacial score (nSPS) is 14.6. The van der Waals surface area contributed by atoms with Crippen molar-refractivity contribution in [3.63, 3.8) is 0 Å². The standard InChI is InChI=1S/C12H18ClNO2/c1-12(14,6-7-15-2)10-8-9(13)4-5-11(10)16-3/h4-5,8H,6-7,14H2,1-3H3. The van der Waals surface area contributed by atoms with Crippen LogP contribution < -0.4 is 10.5 Å². The van der Waals surface area contributed by atoms with Crippen molar-refractivity contribution in [2.75, 3.05) is 20.8 Å². The minimum Gasteiger partial charge on any atom is -0.496 e. The minimum absolute atomic E-state index is 0.508. The highest BCUT2D eigenvalue weighted by atomic mass is 35.5. The molecule has 0 aliphatic carbocycles. The second-order valence-corrected chi connectivity index (χ2v) is 4.44. The van der Waals surface area contributed by atoms with Crippen molar-refractivity contribution >= 4 is 11.6 Å². The van der Waals surface area contributed by atoms with Crippen molar-refractivity contribution in [3.8, 4) is 5.75 Å². The maximum atomic E-state index is 6.25. The van der Waals surface area contributed by atoms with Crippen LogP contribution in [0.1, 0.15) is 18.9 Å². The lowest BCUT2D eigenvalue weighted by atomic mass is 9.89. The van der Waals surface area contributed by atoms with Gasteiger partial charge in [-0.1, -0.05) is 11.6 Å². The van der Waals surface area contributed by atoms with Gasteiger partial charge in [0.25, 0.3) is 0 Å². The van der Waals surface area contributed by atoms with Crippen LogP contribution in [0.4, 0.5) is 0 Å². The molecule has 0 amide bonds. The van der Waals surface area contributed by atoms with Gasteiger partial charge in [0.1, 0.15) is 5.75 Å². The molecule has 16 heavy (non-hydrogen) atoms. The molecule has 1 aromatic carbocycles. The Labute approximate surface area is 101 Å². The lowest BCUT2D eigenvalue weighted by Crippen LogP contribution is -2.34. The summed E-state index contributed by atoms with van der Waals surface area (Å²) >= 11 is 5.97. The Balaban J connectivity index is 3.04. The number of halogens is 1. The predicted octanol–water partition coefficient (Wildman–Crippen LogP) is 2.56. The van der Waals surface area contributed by atoms with E-state index in [1.807, 2.05) is 19.1 Å². The number of methoxy groups -OCH3 is 2. The molecule has 3 nitrogen and oxygen atoms in total. The summed E-state index contributed by atoms with van der Waals surface area (Å²) in [5, 5.41) is 0.657. The molecule has 1 atom stereocenters. The van der Waals surface area contributed by atoms with Gasteiger partial charge in [-0.15, -0.1) is 0 Å². The van der Waals surface area contributed by atoms with Crippen LogP contribution in [-0.2, 0) is 10.3 Å². The zero-order valence-corrected chi connectivity index (χ0v) is 10.7. The Hall–Kier alpha value is -0.770. The van der Waals surface area contributed by atoms with Gasteiger partial charge in [-0.3, -0.25) is 0 Å². The molecule has 0 saturated heterocycles. The number of rotatable bonds is 5. The highest BCUT2D eigenvalue weighted by Crippen LogP contribution is 2.32. The van der Waals surface area contributed by atoms with Crippen molar-refractivity contribution in [1.82, 2.24) is 0 Å². The van der Waals surface area contributed by atoms with Gasteiger partial charge >= 0.3 is 0 Å². The molecule has 0 aliphatic rings. The zero-order chi connectivity index (χ0) is 12.2. The highest BCUT2D eigenvalue weighted by Gasteiger charge is 2.25. The van der Waals surface area contributed by atoms with Crippen molar-refractivity contribution in [3.05, 3.63) is 28.8 Å². The fraction of sp³-hybridized carbons (Fsp3) is 0.500. The van der Waals surface area contributed by atoms with Gasteiger partial charge in [0.15, 0.2) is 0 Å². The third-order valence-electron chi connectivity index (χ3n) is 2.60. The molecule has 0 aromatic heterocycles. The fourth-order valence-corrected chi connectivity index (χ4v) is 1.75. The molecule has 90 valence electrons. The van der Waals surface area contributed by atoms with Gasteiger partial charge < -0.3 is 15.2 Å². The summed E-state index contributed by atoms with van der Waals surface area (Å²) in [5.41, 5.74) is 6.65.